The number of ether oxygens (including phenoxy) is 1. The molecule has 0 aromatic carbocycles. The molecule has 0 bridgehead atoms. The molecule has 0 aliphatic carbocycles. The maximum atomic E-state index is 11.7. The van der Waals surface area contributed by atoms with Crippen LogP contribution in [0.3, 0.4) is 0 Å². The average molecular weight is 354 g/mol. The first kappa shape index (κ1) is 17.4. The highest BCUT2D eigenvalue weighted by molar-refractivity contribution is 7.89. The van der Waals surface area contributed by atoms with E-state index in [0.29, 0.717) is 24.9 Å². The van der Waals surface area contributed by atoms with Crippen LogP contribution in [0.15, 0.2) is 6.07 Å². The maximum Gasteiger partial charge on any atom is 0.227 e. The summed E-state index contributed by atoms with van der Waals surface area (Å²) >= 11 is 0. The summed E-state index contributed by atoms with van der Waals surface area (Å²) in [5.41, 5.74) is 0.571. The lowest BCUT2D eigenvalue weighted by Crippen LogP contribution is -2.44. The number of aromatic nitrogens is 2. The number of hydrogen-bond donors (Lipinski definition) is 0. The van der Waals surface area contributed by atoms with Crippen LogP contribution >= 0.6 is 0 Å². The summed E-state index contributed by atoms with van der Waals surface area (Å²) in [6.07, 6.45) is 4.73. The normalized spacial score (nSPS) is 22.7. The lowest BCUT2D eigenvalue weighted by atomic mass is 10.1. The molecular weight excluding hydrogens is 328 g/mol. The van der Waals surface area contributed by atoms with E-state index < -0.39 is 9.84 Å². The third kappa shape index (κ3) is 4.36. The summed E-state index contributed by atoms with van der Waals surface area (Å²) in [6, 6.07) is 2.03. The van der Waals surface area contributed by atoms with Crippen LogP contribution in [0.25, 0.3) is 0 Å². The largest absolute Gasteiger partial charge is 0.377 e. The minimum atomic E-state index is -3.14. The van der Waals surface area contributed by atoms with Crippen molar-refractivity contribution in [2.75, 3.05) is 48.9 Å². The van der Waals surface area contributed by atoms with E-state index in [2.05, 4.69) is 21.7 Å². The molecule has 0 saturated carbocycles. The lowest BCUT2D eigenvalue weighted by molar-refractivity contribution is 0.0985. The Balaban J connectivity index is 1.95. The van der Waals surface area contributed by atoms with Crippen LogP contribution in [0, 0.1) is 0 Å². The molecule has 0 unspecified atom stereocenters. The minimum absolute atomic E-state index is 0.0535. The van der Waals surface area contributed by atoms with Crippen LogP contribution in [-0.4, -0.2) is 63.5 Å². The van der Waals surface area contributed by atoms with Gasteiger partial charge >= 0.3 is 0 Å². The Morgan fingerprint density at radius 3 is 2.62 bits per heavy atom. The monoisotopic (exact) mass is 354 g/mol. The van der Waals surface area contributed by atoms with E-state index in [9.17, 15) is 8.42 Å². The fourth-order valence-corrected chi connectivity index (χ4v) is 3.95. The van der Waals surface area contributed by atoms with E-state index in [1.165, 1.54) is 12.7 Å². The fraction of sp³-hybridized carbons (Fsp3) is 0.750. The summed E-state index contributed by atoms with van der Waals surface area (Å²) in [6.45, 7) is 6.04. The lowest BCUT2D eigenvalue weighted by Gasteiger charge is -2.35. The second-order valence-electron chi connectivity index (χ2n) is 6.75. The Kier molecular flexibility index (Phi) is 5.24. The van der Waals surface area contributed by atoms with Crippen LogP contribution in [0.2, 0.25) is 0 Å². The quantitative estimate of drug-likeness (QED) is 0.805. The van der Waals surface area contributed by atoms with Gasteiger partial charge in [0.1, 0.15) is 5.82 Å². The highest BCUT2D eigenvalue weighted by Gasteiger charge is 2.24. The van der Waals surface area contributed by atoms with E-state index in [4.69, 9.17) is 9.72 Å². The number of nitrogens with zero attached hydrogens (tertiary/aromatic N) is 4. The van der Waals surface area contributed by atoms with Crippen molar-refractivity contribution >= 4 is 21.6 Å². The second kappa shape index (κ2) is 7.23. The molecular formula is C16H26N4O3S. The Hall–Kier alpha value is -1.41. The molecule has 3 rings (SSSR count). The van der Waals surface area contributed by atoms with Crippen LogP contribution < -0.4 is 9.80 Å². The van der Waals surface area contributed by atoms with Gasteiger partial charge in [-0.3, -0.25) is 0 Å². The van der Waals surface area contributed by atoms with Gasteiger partial charge in [-0.2, -0.15) is 4.98 Å². The van der Waals surface area contributed by atoms with Gasteiger partial charge in [-0.1, -0.05) is 0 Å². The number of rotatable bonds is 4. The van der Waals surface area contributed by atoms with Crippen LogP contribution in [0.5, 0.6) is 0 Å². The predicted octanol–water partition coefficient (Wildman–Crippen LogP) is 1.24. The van der Waals surface area contributed by atoms with E-state index >= 15 is 0 Å². The van der Waals surface area contributed by atoms with E-state index in [1.54, 1.807) is 0 Å². The zero-order chi connectivity index (χ0) is 17.2. The first-order chi connectivity index (χ1) is 11.4. The SMILES string of the molecule is C[C@H]1COCCN1c1cc(CS(C)(=O)=O)nc(N2CCCCC2)n1. The molecule has 8 heteroatoms. The number of piperidine rings is 1. The number of anilines is 2. The van der Waals surface area contributed by atoms with Crippen molar-refractivity contribution in [1.29, 1.82) is 0 Å². The molecule has 7 nitrogen and oxygen atoms in total. The Morgan fingerprint density at radius 2 is 1.96 bits per heavy atom. The van der Waals surface area contributed by atoms with E-state index in [0.717, 1.165) is 38.3 Å². The van der Waals surface area contributed by atoms with Gasteiger partial charge in [0.2, 0.25) is 5.95 Å². The molecule has 1 atom stereocenters. The Morgan fingerprint density at radius 1 is 1.21 bits per heavy atom. The topological polar surface area (TPSA) is 75.6 Å². The van der Waals surface area contributed by atoms with Crippen molar-refractivity contribution in [2.45, 2.75) is 38.0 Å². The van der Waals surface area contributed by atoms with Gasteiger partial charge < -0.3 is 14.5 Å². The minimum Gasteiger partial charge on any atom is -0.377 e. The van der Waals surface area contributed by atoms with Gasteiger partial charge in [-0.05, 0) is 26.2 Å². The van der Waals surface area contributed by atoms with Gasteiger partial charge in [-0.15, -0.1) is 0 Å². The number of morpholine rings is 1. The van der Waals surface area contributed by atoms with Gasteiger partial charge in [0.25, 0.3) is 0 Å². The van der Waals surface area contributed by atoms with Gasteiger partial charge in [0.15, 0.2) is 9.84 Å². The second-order valence-corrected chi connectivity index (χ2v) is 8.89. The molecule has 0 spiro atoms. The Labute approximate surface area is 143 Å². The highest BCUT2D eigenvalue weighted by Crippen LogP contribution is 2.24. The molecule has 1 aromatic heterocycles. The highest BCUT2D eigenvalue weighted by atomic mass is 32.2. The van der Waals surface area contributed by atoms with Crippen molar-refractivity contribution in [3.8, 4) is 0 Å². The summed E-state index contributed by atoms with van der Waals surface area (Å²) in [7, 11) is -3.14. The van der Waals surface area contributed by atoms with Crippen molar-refractivity contribution in [1.82, 2.24) is 9.97 Å². The van der Waals surface area contributed by atoms with Crippen LogP contribution in [0.4, 0.5) is 11.8 Å². The van der Waals surface area contributed by atoms with Crippen molar-refractivity contribution in [2.24, 2.45) is 0 Å². The molecule has 134 valence electrons. The smallest absolute Gasteiger partial charge is 0.227 e. The molecule has 2 fully saturated rings. The zero-order valence-electron chi connectivity index (χ0n) is 14.4. The molecule has 2 aliphatic heterocycles. The van der Waals surface area contributed by atoms with E-state index in [1.807, 2.05) is 6.07 Å². The molecule has 0 N–H and O–H groups in total. The molecule has 0 amide bonds. The standard InChI is InChI=1S/C16H26N4O3S/c1-13-11-23-9-8-20(13)15-10-14(12-24(2,21)22)17-16(18-15)19-6-4-3-5-7-19/h10,13H,3-9,11-12H2,1-2H3/t13-/m0/s1. The number of sulfone groups is 1. The molecule has 0 radical (unpaired) electrons. The summed E-state index contributed by atoms with van der Waals surface area (Å²) in [5.74, 6) is 1.41. The summed E-state index contributed by atoms with van der Waals surface area (Å²) < 4.78 is 29.0. The summed E-state index contributed by atoms with van der Waals surface area (Å²) in [4.78, 5) is 13.6. The van der Waals surface area contributed by atoms with Crippen LogP contribution in [-0.2, 0) is 20.3 Å². The van der Waals surface area contributed by atoms with Crippen molar-refractivity contribution in [3.63, 3.8) is 0 Å². The molecule has 1 aromatic rings. The van der Waals surface area contributed by atoms with Crippen molar-refractivity contribution < 1.29 is 13.2 Å². The first-order valence-corrected chi connectivity index (χ1v) is 10.6. The van der Waals surface area contributed by atoms with E-state index in [-0.39, 0.29) is 11.8 Å². The third-order valence-electron chi connectivity index (χ3n) is 4.46. The average Bonchev–Trinajstić information content (AvgIpc) is 2.54. The van der Waals surface area contributed by atoms with Gasteiger partial charge in [-0.25, -0.2) is 13.4 Å². The van der Waals surface area contributed by atoms with Crippen molar-refractivity contribution in [3.05, 3.63) is 11.8 Å². The molecule has 24 heavy (non-hydrogen) atoms. The first-order valence-electron chi connectivity index (χ1n) is 8.57. The van der Waals surface area contributed by atoms with Gasteiger partial charge in [0, 0.05) is 32.0 Å². The maximum absolute atomic E-state index is 11.7. The molecule has 2 aliphatic rings. The Bertz CT molecular complexity index is 674. The number of hydrogen-bond acceptors (Lipinski definition) is 7. The summed E-state index contributed by atoms with van der Waals surface area (Å²) in [5, 5.41) is 0. The molecule has 3 heterocycles. The van der Waals surface area contributed by atoms with Gasteiger partial charge in [0.05, 0.1) is 30.7 Å². The molecule has 2 saturated heterocycles. The third-order valence-corrected chi connectivity index (χ3v) is 5.28. The fourth-order valence-electron chi connectivity index (χ4n) is 3.26. The van der Waals surface area contributed by atoms with Crippen LogP contribution in [0.1, 0.15) is 31.9 Å². The zero-order valence-corrected chi connectivity index (χ0v) is 15.3. The predicted molar refractivity (Wildman–Crippen MR) is 94.3 cm³/mol.